The minimum Gasteiger partial charge on any atom is -0.343 e. The molecule has 6 rings (SSSR count). The molecule has 0 fully saturated rings. The van der Waals surface area contributed by atoms with E-state index in [2.05, 4.69) is 168 Å². The van der Waals surface area contributed by atoms with Crippen LogP contribution in [0.1, 0.15) is 54.9 Å². The van der Waals surface area contributed by atoms with Gasteiger partial charge in [0.1, 0.15) is 0 Å². The number of rotatable bonds is 6. The fraction of sp³-hybridized carbons (Fsp3) is 0.175. The third-order valence-corrected chi connectivity index (χ3v) is 7.45. The summed E-state index contributed by atoms with van der Waals surface area (Å²) in [7, 11) is 2.00. The number of benzene rings is 4. The van der Waals surface area contributed by atoms with Gasteiger partial charge in [0.15, 0.2) is 0 Å². The van der Waals surface area contributed by atoms with Crippen LogP contribution in [0.4, 0.5) is 0 Å². The maximum absolute atomic E-state index is 3.60. The minimum atomic E-state index is 0. The molecular formula is C40H44HfSi. The number of unbranched alkanes of at least 4 members (excludes halogenated alkanes) is 1. The van der Waals surface area contributed by atoms with Gasteiger partial charge in [-0.15, -0.1) is 93.3 Å². The maximum Gasteiger partial charge on any atom is 4.00 e. The number of hydrogen-bond acceptors (Lipinski definition) is 0. The van der Waals surface area contributed by atoms with Crippen molar-refractivity contribution in [1.29, 1.82) is 0 Å². The standard InChI is InChI=1S/C16H17Si.2C10H9.C4H9.Hf/c17-16(15-11-5-2-6-12-15)13-7-10-14-8-3-1-4-9-14;2*1-8-6-9-4-2-3-5-10(9)7-8;1-3-4-2;/h1-6,8-12H,7,13,17H2;2*2-7H,1H3;1,3-4H2,2H3;/q4*-1;+4. The predicted molar refractivity (Wildman–Crippen MR) is 187 cm³/mol. The monoisotopic (exact) mass is 732 g/mol. The Hall–Kier alpha value is -3.07. The second-order valence-electron chi connectivity index (χ2n) is 10.3. The zero-order valence-electron chi connectivity index (χ0n) is 25.5. The molecule has 0 bridgehead atoms. The van der Waals surface area contributed by atoms with E-state index in [-0.39, 0.29) is 25.8 Å². The van der Waals surface area contributed by atoms with E-state index in [1.54, 1.807) is 0 Å². The quantitative estimate of drug-likeness (QED) is 0.118. The summed E-state index contributed by atoms with van der Waals surface area (Å²) in [5, 5.41) is 6.87. The molecule has 0 N–H and O–H groups in total. The third kappa shape index (κ3) is 12.4. The topological polar surface area (TPSA) is 0 Å². The molecule has 42 heavy (non-hydrogen) atoms. The summed E-state index contributed by atoms with van der Waals surface area (Å²) in [6.45, 7) is 9.97. The van der Waals surface area contributed by atoms with Crippen molar-refractivity contribution in [3.8, 4) is 0 Å². The van der Waals surface area contributed by atoms with Gasteiger partial charge >= 0.3 is 25.8 Å². The van der Waals surface area contributed by atoms with Crippen molar-refractivity contribution in [3.05, 3.63) is 169 Å². The smallest absolute Gasteiger partial charge is 0.343 e. The second kappa shape index (κ2) is 19.9. The number of aryl methyl sites for hydroxylation is 2. The molecule has 0 heterocycles. The van der Waals surface area contributed by atoms with Crippen LogP contribution in [0.3, 0.4) is 0 Å². The normalized spacial score (nSPS) is 9.71. The van der Waals surface area contributed by atoms with Crippen molar-refractivity contribution >= 4 is 36.6 Å². The fourth-order valence-corrected chi connectivity index (χ4v) is 4.87. The molecule has 6 aromatic rings. The Balaban J connectivity index is 0.000000213. The van der Waals surface area contributed by atoms with Gasteiger partial charge in [-0.1, -0.05) is 87.3 Å². The Morgan fingerprint density at radius 3 is 1.57 bits per heavy atom. The molecule has 6 aromatic carbocycles. The Kier molecular flexibility index (Phi) is 16.7. The first-order valence-electron chi connectivity index (χ1n) is 14.6. The van der Waals surface area contributed by atoms with Crippen molar-refractivity contribution in [2.45, 2.75) is 46.5 Å². The van der Waals surface area contributed by atoms with Gasteiger partial charge in [-0.3, -0.25) is 0 Å². The number of hydrogen-bond donors (Lipinski definition) is 0. The van der Waals surface area contributed by atoms with E-state index in [0.717, 1.165) is 19.3 Å². The Morgan fingerprint density at radius 2 is 1.12 bits per heavy atom. The van der Waals surface area contributed by atoms with Gasteiger partial charge in [-0.2, -0.15) is 42.7 Å². The van der Waals surface area contributed by atoms with Gasteiger partial charge in [-0.25, -0.2) is 0 Å². The molecule has 0 aliphatic rings. The van der Waals surface area contributed by atoms with E-state index in [9.17, 15) is 0 Å². The van der Waals surface area contributed by atoms with Gasteiger partial charge in [0.2, 0.25) is 0 Å². The molecule has 0 spiro atoms. The first-order valence-corrected chi connectivity index (χ1v) is 15.4. The van der Waals surface area contributed by atoms with Crippen LogP contribution in [-0.2, 0) is 25.8 Å². The zero-order valence-corrected chi connectivity index (χ0v) is 30.5. The summed E-state index contributed by atoms with van der Waals surface area (Å²) in [4.78, 5) is 0. The van der Waals surface area contributed by atoms with E-state index in [4.69, 9.17) is 0 Å². The van der Waals surface area contributed by atoms with Gasteiger partial charge in [-0.05, 0) is 21.8 Å². The second-order valence-corrected chi connectivity index (χ2v) is 11.2. The van der Waals surface area contributed by atoms with E-state index < -0.39 is 0 Å². The fourth-order valence-electron chi connectivity index (χ4n) is 4.43. The summed E-state index contributed by atoms with van der Waals surface area (Å²) < 4.78 is 0. The Bertz CT molecular complexity index is 1420. The summed E-state index contributed by atoms with van der Waals surface area (Å²) >= 11 is 0. The molecule has 212 valence electrons. The number of fused-ring (bicyclic) bond motifs is 2. The summed E-state index contributed by atoms with van der Waals surface area (Å²) in [5.74, 6) is 0. The average Bonchev–Trinajstić information content (AvgIpc) is 3.59. The van der Waals surface area contributed by atoms with Crippen LogP contribution in [0.5, 0.6) is 0 Å². The van der Waals surface area contributed by atoms with Crippen molar-refractivity contribution in [1.82, 2.24) is 0 Å². The zero-order chi connectivity index (χ0) is 29.3. The average molecular weight is 731 g/mol. The first kappa shape index (κ1) is 35.1. The first-order chi connectivity index (χ1) is 20.0. The molecule has 2 heteroatoms. The SMILES string of the molecule is Cc1cc2ccccc2[cH-]1.Cc1cc2ccccc2[cH-]1.[CH2-]CCC.[Hf+4].[SiH2]=C(CC[CH-]c1ccccc1)c1ccccc1. The molecule has 0 saturated heterocycles. The van der Waals surface area contributed by atoms with E-state index in [0.29, 0.717) is 0 Å². The van der Waals surface area contributed by atoms with Crippen LogP contribution in [0, 0.1) is 27.2 Å². The Morgan fingerprint density at radius 1 is 0.690 bits per heavy atom. The Labute approximate surface area is 276 Å². The third-order valence-electron chi connectivity index (χ3n) is 6.69. The van der Waals surface area contributed by atoms with E-state index in [1.165, 1.54) is 55.4 Å². The molecule has 0 aliphatic carbocycles. The molecule has 0 amide bonds. The van der Waals surface area contributed by atoms with Crippen molar-refractivity contribution < 1.29 is 25.8 Å². The molecule has 0 aliphatic heterocycles. The molecule has 0 saturated carbocycles. The van der Waals surface area contributed by atoms with Crippen LogP contribution in [-0.4, -0.2) is 15.0 Å². The molecular weight excluding hydrogens is 687 g/mol. The molecule has 0 nitrogen and oxygen atoms in total. The maximum atomic E-state index is 3.60. The molecule has 0 unspecified atom stereocenters. The van der Waals surface area contributed by atoms with E-state index in [1.807, 2.05) is 9.85 Å². The van der Waals surface area contributed by atoms with Crippen LogP contribution in [0.15, 0.2) is 133 Å². The summed E-state index contributed by atoms with van der Waals surface area (Å²) in [6.07, 6.45) is 6.83. The van der Waals surface area contributed by atoms with E-state index >= 15 is 0 Å². The summed E-state index contributed by atoms with van der Waals surface area (Å²) in [5.41, 5.74) is 5.38. The van der Waals surface area contributed by atoms with Gasteiger partial charge in [0.05, 0.1) is 0 Å². The molecule has 0 aromatic heterocycles. The minimum absolute atomic E-state index is 0. The van der Waals surface area contributed by atoms with Crippen molar-refractivity contribution in [2.75, 3.05) is 0 Å². The summed E-state index contributed by atoms with van der Waals surface area (Å²) in [6, 6.07) is 46.8. The van der Waals surface area contributed by atoms with Crippen molar-refractivity contribution in [2.24, 2.45) is 0 Å². The van der Waals surface area contributed by atoms with Crippen LogP contribution >= 0.6 is 0 Å². The van der Waals surface area contributed by atoms with Crippen LogP contribution in [0.2, 0.25) is 0 Å². The van der Waals surface area contributed by atoms with Gasteiger partial charge in [0, 0.05) is 0 Å². The predicted octanol–water partition coefficient (Wildman–Crippen LogP) is 10.2. The molecule has 0 radical (unpaired) electrons. The molecule has 0 atom stereocenters. The van der Waals surface area contributed by atoms with Gasteiger partial charge in [0.25, 0.3) is 0 Å². The van der Waals surface area contributed by atoms with Gasteiger partial charge < -0.3 is 6.92 Å². The largest absolute Gasteiger partial charge is 4.00 e. The van der Waals surface area contributed by atoms with Crippen LogP contribution < -0.4 is 0 Å². The van der Waals surface area contributed by atoms with Crippen molar-refractivity contribution in [3.63, 3.8) is 0 Å². The van der Waals surface area contributed by atoms with Crippen LogP contribution in [0.25, 0.3) is 21.5 Å².